The standard InChI is InChI=1S/C11H16F3N3O/c1-18-9-5-4-8(15)10(17-9)16-7-3-2-6-11(12,13)14/h4-5H,2-3,6-7,15H2,1H3,(H,16,17). The first kappa shape index (κ1) is 14.4. The van der Waals surface area contributed by atoms with Gasteiger partial charge < -0.3 is 15.8 Å². The van der Waals surface area contributed by atoms with Gasteiger partial charge in [0.05, 0.1) is 12.8 Å². The number of hydrogen-bond donors (Lipinski definition) is 2. The highest BCUT2D eigenvalue weighted by molar-refractivity contribution is 5.61. The molecule has 18 heavy (non-hydrogen) atoms. The average Bonchev–Trinajstić information content (AvgIpc) is 2.29. The number of nitrogens with two attached hydrogens (primary N) is 1. The minimum Gasteiger partial charge on any atom is -0.481 e. The fraction of sp³-hybridized carbons (Fsp3) is 0.545. The number of ether oxygens (including phenoxy) is 1. The molecule has 1 aromatic rings. The van der Waals surface area contributed by atoms with Crippen LogP contribution in [-0.2, 0) is 0 Å². The summed E-state index contributed by atoms with van der Waals surface area (Å²) in [4.78, 5) is 4.06. The van der Waals surface area contributed by atoms with Crippen molar-refractivity contribution in [2.45, 2.75) is 25.4 Å². The number of nitrogen functional groups attached to an aromatic ring is 1. The predicted molar refractivity (Wildman–Crippen MR) is 63.6 cm³/mol. The smallest absolute Gasteiger partial charge is 0.389 e. The molecule has 0 spiro atoms. The number of halogens is 3. The molecule has 7 heteroatoms. The van der Waals surface area contributed by atoms with Crippen LogP contribution in [0.3, 0.4) is 0 Å². The van der Waals surface area contributed by atoms with Gasteiger partial charge in [0.15, 0.2) is 5.82 Å². The second-order valence-corrected chi connectivity index (χ2v) is 3.79. The zero-order valence-electron chi connectivity index (χ0n) is 10.0. The van der Waals surface area contributed by atoms with Crippen molar-refractivity contribution in [2.75, 3.05) is 24.7 Å². The van der Waals surface area contributed by atoms with E-state index in [0.717, 1.165) is 0 Å². The number of rotatable bonds is 6. The van der Waals surface area contributed by atoms with E-state index in [9.17, 15) is 13.2 Å². The van der Waals surface area contributed by atoms with E-state index < -0.39 is 12.6 Å². The first-order valence-electron chi connectivity index (χ1n) is 5.53. The lowest BCUT2D eigenvalue weighted by molar-refractivity contribution is -0.135. The number of anilines is 2. The zero-order valence-corrected chi connectivity index (χ0v) is 10.0. The Balaban J connectivity index is 2.35. The summed E-state index contributed by atoms with van der Waals surface area (Å²) < 4.78 is 40.6. The van der Waals surface area contributed by atoms with Gasteiger partial charge in [-0.2, -0.15) is 18.2 Å². The molecule has 0 unspecified atom stereocenters. The van der Waals surface area contributed by atoms with Crippen molar-refractivity contribution < 1.29 is 17.9 Å². The van der Waals surface area contributed by atoms with Crippen LogP contribution < -0.4 is 15.8 Å². The molecule has 1 aromatic heterocycles. The predicted octanol–water partition coefficient (Wildman–Crippen LogP) is 2.82. The number of nitrogens with zero attached hydrogens (tertiary/aromatic N) is 1. The molecule has 0 saturated heterocycles. The average molecular weight is 263 g/mol. The molecule has 1 rings (SSSR count). The van der Waals surface area contributed by atoms with Crippen molar-refractivity contribution >= 4 is 11.5 Å². The zero-order chi connectivity index (χ0) is 13.6. The van der Waals surface area contributed by atoms with E-state index in [0.29, 0.717) is 30.4 Å². The summed E-state index contributed by atoms with van der Waals surface area (Å²) in [5.74, 6) is 0.836. The molecule has 0 radical (unpaired) electrons. The SMILES string of the molecule is COc1ccc(N)c(NCCCCC(F)(F)F)n1. The van der Waals surface area contributed by atoms with Crippen molar-refractivity contribution in [1.29, 1.82) is 0 Å². The van der Waals surface area contributed by atoms with Crippen LogP contribution in [0.25, 0.3) is 0 Å². The first-order chi connectivity index (χ1) is 8.42. The third kappa shape index (κ3) is 5.11. The maximum Gasteiger partial charge on any atom is 0.389 e. The molecule has 0 aliphatic rings. The Hall–Kier alpha value is -1.66. The van der Waals surface area contributed by atoms with Crippen LogP contribution in [0.1, 0.15) is 19.3 Å². The molecule has 0 aliphatic carbocycles. The van der Waals surface area contributed by atoms with Gasteiger partial charge in [0.25, 0.3) is 0 Å². The van der Waals surface area contributed by atoms with Gasteiger partial charge in [-0.1, -0.05) is 0 Å². The van der Waals surface area contributed by atoms with Gasteiger partial charge in [-0.25, -0.2) is 0 Å². The minimum absolute atomic E-state index is 0.0837. The highest BCUT2D eigenvalue weighted by atomic mass is 19.4. The number of hydrogen-bond acceptors (Lipinski definition) is 4. The number of pyridine rings is 1. The van der Waals surface area contributed by atoms with Crippen LogP contribution in [0, 0.1) is 0 Å². The molecule has 0 saturated carbocycles. The van der Waals surface area contributed by atoms with Crippen LogP contribution in [0.4, 0.5) is 24.7 Å². The van der Waals surface area contributed by atoms with Crippen LogP contribution >= 0.6 is 0 Å². The summed E-state index contributed by atoms with van der Waals surface area (Å²) >= 11 is 0. The molecular weight excluding hydrogens is 247 g/mol. The molecule has 0 aliphatic heterocycles. The van der Waals surface area contributed by atoms with E-state index in [1.54, 1.807) is 12.1 Å². The number of unbranched alkanes of at least 4 members (excludes halogenated alkanes) is 1. The van der Waals surface area contributed by atoms with Crippen molar-refractivity contribution in [3.63, 3.8) is 0 Å². The van der Waals surface area contributed by atoms with E-state index in [1.807, 2.05) is 0 Å². The molecule has 4 nitrogen and oxygen atoms in total. The topological polar surface area (TPSA) is 60.2 Å². The maximum absolute atomic E-state index is 11.9. The Morgan fingerprint density at radius 1 is 1.33 bits per heavy atom. The van der Waals surface area contributed by atoms with E-state index in [-0.39, 0.29) is 6.42 Å². The van der Waals surface area contributed by atoms with Gasteiger partial charge in [-0.15, -0.1) is 0 Å². The van der Waals surface area contributed by atoms with E-state index in [2.05, 4.69) is 10.3 Å². The van der Waals surface area contributed by atoms with E-state index in [4.69, 9.17) is 10.5 Å². The van der Waals surface area contributed by atoms with Gasteiger partial charge in [-0.3, -0.25) is 0 Å². The molecule has 0 amide bonds. The summed E-state index contributed by atoms with van der Waals surface area (Å²) in [6.45, 7) is 0.389. The second-order valence-electron chi connectivity index (χ2n) is 3.79. The minimum atomic E-state index is -4.09. The number of nitrogens with one attached hydrogen (secondary N) is 1. The van der Waals surface area contributed by atoms with E-state index in [1.165, 1.54) is 7.11 Å². The Kier molecular flexibility index (Phi) is 5.06. The van der Waals surface area contributed by atoms with Gasteiger partial charge in [-0.05, 0) is 18.9 Å². The molecule has 0 atom stereocenters. The molecular formula is C11H16F3N3O. The highest BCUT2D eigenvalue weighted by Gasteiger charge is 2.25. The third-order valence-corrected chi connectivity index (χ3v) is 2.29. The Morgan fingerprint density at radius 2 is 2.06 bits per heavy atom. The number of aromatic nitrogens is 1. The molecule has 1 heterocycles. The summed E-state index contributed by atoms with van der Waals surface area (Å²) in [5.41, 5.74) is 6.10. The van der Waals surface area contributed by atoms with Crippen LogP contribution in [-0.4, -0.2) is 24.8 Å². The highest BCUT2D eigenvalue weighted by Crippen LogP contribution is 2.23. The molecule has 0 aromatic carbocycles. The fourth-order valence-corrected chi connectivity index (χ4v) is 1.36. The Bertz CT molecular complexity index is 382. The normalized spacial score (nSPS) is 11.3. The van der Waals surface area contributed by atoms with Gasteiger partial charge in [0, 0.05) is 19.0 Å². The molecule has 3 N–H and O–H groups in total. The summed E-state index contributed by atoms with van der Waals surface area (Å²) in [6, 6.07) is 3.24. The Morgan fingerprint density at radius 3 is 2.67 bits per heavy atom. The summed E-state index contributed by atoms with van der Waals surface area (Å²) in [6.07, 6.45) is -4.37. The van der Waals surface area contributed by atoms with Crippen molar-refractivity contribution in [1.82, 2.24) is 4.98 Å². The largest absolute Gasteiger partial charge is 0.481 e. The quantitative estimate of drug-likeness (QED) is 0.775. The number of alkyl halides is 3. The third-order valence-electron chi connectivity index (χ3n) is 2.29. The van der Waals surface area contributed by atoms with Crippen molar-refractivity contribution in [2.24, 2.45) is 0 Å². The number of methoxy groups -OCH3 is 1. The van der Waals surface area contributed by atoms with Crippen molar-refractivity contribution in [3.8, 4) is 5.88 Å². The second kappa shape index (κ2) is 6.32. The van der Waals surface area contributed by atoms with Gasteiger partial charge in [0.1, 0.15) is 0 Å². The van der Waals surface area contributed by atoms with Crippen molar-refractivity contribution in [3.05, 3.63) is 12.1 Å². The van der Waals surface area contributed by atoms with Crippen LogP contribution in [0.2, 0.25) is 0 Å². The fourth-order valence-electron chi connectivity index (χ4n) is 1.36. The lowest BCUT2D eigenvalue weighted by Gasteiger charge is -2.10. The molecule has 0 bridgehead atoms. The van der Waals surface area contributed by atoms with Crippen LogP contribution in [0.5, 0.6) is 5.88 Å². The lowest BCUT2D eigenvalue weighted by atomic mass is 10.2. The lowest BCUT2D eigenvalue weighted by Crippen LogP contribution is -2.10. The maximum atomic E-state index is 11.9. The van der Waals surface area contributed by atoms with Crippen LogP contribution in [0.15, 0.2) is 12.1 Å². The first-order valence-corrected chi connectivity index (χ1v) is 5.53. The van der Waals surface area contributed by atoms with Gasteiger partial charge >= 0.3 is 6.18 Å². The summed E-state index contributed by atoms with van der Waals surface area (Å²) in [7, 11) is 1.48. The summed E-state index contributed by atoms with van der Waals surface area (Å²) in [5, 5.41) is 2.89. The van der Waals surface area contributed by atoms with Gasteiger partial charge in [0.2, 0.25) is 5.88 Å². The molecule has 0 fully saturated rings. The van der Waals surface area contributed by atoms with E-state index >= 15 is 0 Å². The monoisotopic (exact) mass is 263 g/mol. The Labute approximate surface area is 103 Å². The molecule has 102 valence electrons.